The number of benzene rings is 1. The molecule has 0 bridgehead atoms. The zero-order chi connectivity index (χ0) is 14.4. The van der Waals surface area contributed by atoms with Gasteiger partial charge in [0.2, 0.25) is 0 Å². The fraction of sp³-hybridized carbons (Fsp3) is 0.263. The number of allylic oxidation sites excluding steroid dienone is 2. The number of fused-ring (bicyclic) bond motifs is 3. The second-order valence-electron chi connectivity index (χ2n) is 6.04. The van der Waals surface area contributed by atoms with Crippen molar-refractivity contribution in [1.29, 1.82) is 0 Å². The molecule has 2 heteroatoms. The lowest BCUT2D eigenvalue weighted by molar-refractivity contribution is 0.712. The maximum Gasteiger partial charge on any atom is 0.0394 e. The van der Waals surface area contributed by atoms with Gasteiger partial charge in [-0.25, -0.2) is 0 Å². The molecule has 4 rings (SSSR count). The number of hydrogen-bond donors (Lipinski definition) is 1. The topological polar surface area (TPSA) is 26.0 Å². The minimum Gasteiger partial charge on any atom is -0.398 e. The fourth-order valence-corrected chi connectivity index (χ4v) is 4.78. The average Bonchev–Trinajstić information content (AvgIpc) is 2.86. The Bertz CT molecular complexity index is 764. The molecular formula is C19H19NS. The van der Waals surface area contributed by atoms with Crippen LogP contribution in [0, 0.1) is 5.92 Å². The van der Waals surface area contributed by atoms with Gasteiger partial charge in [0.15, 0.2) is 0 Å². The number of para-hydroxylation sites is 1. The van der Waals surface area contributed by atoms with E-state index in [9.17, 15) is 0 Å². The Balaban J connectivity index is 1.87. The molecule has 1 nitrogen and oxygen atoms in total. The molecule has 0 saturated carbocycles. The summed E-state index contributed by atoms with van der Waals surface area (Å²) in [5.41, 5.74) is 12.8. The van der Waals surface area contributed by atoms with Gasteiger partial charge in [0, 0.05) is 21.0 Å². The smallest absolute Gasteiger partial charge is 0.0394 e. The third kappa shape index (κ3) is 2.06. The van der Waals surface area contributed by atoms with Crippen LogP contribution in [0.4, 0.5) is 5.69 Å². The van der Waals surface area contributed by atoms with Gasteiger partial charge < -0.3 is 5.73 Å². The van der Waals surface area contributed by atoms with Crippen LogP contribution in [0.5, 0.6) is 0 Å². The van der Waals surface area contributed by atoms with Crippen LogP contribution in [0.1, 0.15) is 39.8 Å². The number of anilines is 1. The Morgan fingerprint density at radius 3 is 2.90 bits per heavy atom. The summed E-state index contributed by atoms with van der Waals surface area (Å²) in [6.45, 7) is 2.30. The van der Waals surface area contributed by atoms with Crippen LogP contribution in [0.25, 0.3) is 11.6 Å². The Labute approximate surface area is 129 Å². The SMILES string of the molecule is CC1C=Cc2sc3c(c2C1)CCC=C3c1ccccc1N. The van der Waals surface area contributed by atoms with Gasteiger partial charge in [0.25, 0.3) is 0 Å². The minimum atomic E-state index is 0.660. The van der Waals surface area contributed by atoms with E-state index in [1.807, 2.05) is 23.5 Å². The highest BCUT2D eigenvalue weighted by Crippen LogP contribution is 2.44. The van der Waals surface area contributed by atoms with Gasteiger partial charge in [-0.1, -0.05) is 37.3 Å². The molecule has 2 N–H and O–H groups in total. The number of thiophene rings is 1. The van der Waals surface area contributed by atoms with E-state index < -0.39 is 0 Å². The molecule has 0 radical (unpaired) electrons. The number of hydrogen-bond acceptors (Lipinski definition) is 2. The van der Waals surface area contributed by atoms with Crippen LogP contribution < -0.4 is 5.73 Å². The van der Waals surface area contributed by atoms with Crippen molar-refractivity contribution >= 4 is 28.7 Å². The molecule has 2 aliphatic carbocycles. The van der Waals surface area contributed by atoms with Crippen molar-refractivity contribution in [3.8, 4) is 0 Å². The summed E-state index contributed by atoms with van der Waals surface area (Å²) in [6.07, 6.45) is 10.5. The van der Waals surface area contributed by atoms with E-state index in [4.69, 9.17) is 5.73 Å². The molecule has 1 heterocycles. The number of rotatable bonds is 1. The lowest BCUT2D eigenvalue weighted by Crippen LogP contribution is -2.06. The van der Waals surface area contributed by atoms with Crippen molar-refractivity contribution in [3.63, 3.8) is 0 Å². The summed E-state index contributed by atoms with van der Waals surface area (Å²) in [7, 11) is 0. The van der Waals surface area contributed by atoms with Crippen molar-refractivity contribution in [2.45, 2.75) is 26.2 Å². The number of nitrogen functional groups attached to an aromatic ring is 1. The van der Waals surface area contributed by atoms with Crippen LogP contribution in [-0.4, -0.2) is 0 Å². The van der Waals surface area contributed by atoms with Crippen LogP contribution in [0.3, 0.4) is 0 Å². The predicted molar refractivity (Wildman–Crippen MR) is 92.5 cm³/mol. The first-order chi connectivity index (χ1) is 10.2. The molecule has 0 aliphatic heterocycles. The summed E-state index contributed by atoms with van der Waals surface area (Å²) < 4.78 is 0. The van der Waals surface area contributed by atoms with E-state index >= 15 is 0 Å². The third-order valence-corrected chi connectivity index (χ3v) is 5.76. The Hall–Kier alpha value is -1.80. The van der Waals surface area contributed by atoms with Gasteiger partial charge in [-0.05, 0) is 54.0 Å². The molecule has 21 heavy (non-hydrogen) atoms. The quantitative estimate of drug-likeness (QED) is 0.742. The largest absolute Gasteiger partial charge is 0.398 e. The fourth-order valence-electron chi connectivity index (χ4n) is 3.43. The zero-order valence-electron chi connectivity index (χ0n) is 12.2. The molecule has 1 unspecified atom stereocenters. The highest BCUT2D eigenvalue weighted by Gasteiger charge is 2.25. The molecule has 0 amide bonds. The van der Waals surface area contributed by atoms with Gasteiger partial charge in [-0.3, -0.25) is 0 Å². The molecule has 0 spiro atoms. The normalized spacial score (nSPS) is 19.9. The number of nitrogens with two attached hydrogens (primary N) is 1. The Kier molecular flexibility index (Phi) is 3.00. The second kappa shape index (κ2) is 4.88. The summed E-state index contributed by atoms with van der Waals surface area (Å²) in [4.78, 5) is 2.91. The molecule has 2 aromatic rings. The third-order valence-electron chi connectivity index (χ3n) is 4.49. The van der Waals surface area contributed by atoms with Crippen molar-refractivity contribution < 1.29 is 0 Å². The first kappa shape index (κ1) is 12.9. The molecule has 1 atom stereocenters. The summed E-state index contributed by atoms with van der Waals surface area (Å²) in [5.74, 6) is 0.660. The van der Waals surface area contributed by atoms with E-state index in [1.165, 1.54) is 33.7 Å². The summed E-state index contributed by atoms with van der Waals surface area (Å²) >= 11 is 1.94. The molecule has 0 saturated heterocycles. The van der Waals surface area contributed by atoms with E-state index in [0.717, 1.165) is 12.1 Å². The lowest BCUT2D eigenvalue weighted by atomic mass is 9.86. The van der Waals surface area contributed by atoms with Crippen molar-refractivity contribution in [2.75, 3.05) is 5.73 Å². The zero-order valence-corrected chi connectivity index (χ0v) is 13.0. The predicted octanol–water partition coefficient (Wildman–Crippen LogP) is 4.91. The first-order valence-corrected chi connectivity index (χ1v) is 8.44. The molecular weight excluding hydrogens is 274 g/mol. The molecule has 0 fully saturated rings. The standard InChI is InChI=1S/C19H19NS/c1-12-9-10-18-16(11-12)15-7-4-6-14(19(15)21-18)13-5-2-3-8-17(13)20/h2-3,5-6,8-10,12H,4,7,11,20H2,1H3. The van der Waals surface area contributed by atoms with Crippen LogP contribution in [0.2, 0.25) is 0 Å². The van der Waals surface area contributed by atoms with Crippen LogP contribution in [-0.2, 0) is 12.8 Å². The van der Waals surface area contributed by atoms with Gasteiger partial charge in [0.05, 0.1) is 0 Å². The first-order valence-electron chi connectivity index (χ1n) is 7.62. The van der Waals surface area contributed by atoms with E-state index in [0.29, 0.717) is 5.92 Å². The molecule has 1 aromatic heterocycles. The second-order valence-corrected chi connectivity index (χ2v) is 7.09. The van der Waals surface area contributed by atoms with Crippen LogP contribution >= 0.6 is 11.3 Å². The summed E-state index contributed by atoms with van der Waals surface area (Å²) in [6, 6.07) is 8.23. The van der Waals surface area contributed by atoms with E-state index in [2.05, 4.69) is 37.3 Å². The van der Waals surface area contributed by atoms with Crippen LogP contribution in [0.15, 0.2) is 36.4 Å². The highest BCUT2D eigenvalue weighted by atomic mass is 32.1. The van der Waals surface area contributed by atoms with Crippen molar-refractivity contribution in [2.24, 2.45) is 5.92 Å². The highest BCUT2D eigenvalue weighted by molar-refractivity contribution is 7.14. The van der Waals surface area contributed by atoms with E-state index in [-0.39, 0.29) is 0 Å². The minimum absolute atomic E-state index is 0.660. The Morgan fingerprint density at radius 1 is 1.19 bits per heavy atom. The lowest BCUT2D eigenvalue weighted by Gasteiger charge is -2.18. The van der Waals surface area contributed by atoms with E-state index in [1.54, 1.807) is 11.1 Å². The monoisotopic (exact) mass is 293 g/mol. The Morgan fingerprint density at radius 2 is 2.05 bits per heavy atom. The maximum absolute atomic E-state index is 6.20. The maximum atomic E-state index is 6.20. The van der Waals surface area contributed by atoms with Gasteiger partial charge >= 0.3 is 0 Å². The average molecular weight is 293 g/mol. The summed E-state index contributed by atoms with van der Waals surface area (Å²) in [5, 5.41) is 0. The van der Waals surface area contributed by atoms with Crippen molar-refractivity contribution in [3.05, 3.63) is 62.9 Å². The van der Waals surface area contributed by atoms with Crippen molar-refractivity contribution in [1.82, 2.24) is 0 Å². The van der Waals surface area contributed by atoms with Gasteiger partial charge in [0.1, 0.15) is 0 Å². The van der Waals surface area contributed by atoms with Gasteiger partial charge in [-0.2, -0.15) is 0 Å². The molecule has 2 aliphatic rings. The molecule has 106 valence electrons. The van der Waals surface area contributed by atoms with Gasteiger partial charge in [-0.15, -0.1) is 11.3 Å². The molecule has 1 aromatic carbocycles.